The van der Waals surface area contributed by atoms with E-state index < -0.39 is 0 Å². The van der Waals surface area contributed by atoms with Gasteiger partial charge in [0.2, 0.25) is 0 Å². The lowest BCUT2D eigenvalue weighted by molar-refractivity contribution is 0.0936. The Hall–Kier alpha value is -0.540. The number of rotatable bonds is 5. The van der Waals surface area contributed by atoms with Gasteiger partial charge in [0.1, 0.15) is 0 Å². The lowest BCUT2D eigenvalue weighted by Gasteiger charge is -2.23. The molecule has 1 aromatic rings. The maximum absolute atomic E-state index is 11.9. The first-order valence-corrected chi connectivity index (χ1v) is 6.87. The second-order valence-corrected chi connectivity index (χ2v) is 6.09. The Morgan fingerprint density at radius 2 is 2.18 bits per heavy atom. The van der Waals surface area contributed by atoms with E-state index in [0.29, 0.717) is 18.0 Å². The van der Waals surface area contributed by atoms with Crippen molar-refractivity contribution in [2.75, 3.05) is 12.4 Å². The van der Waals surface area contributed by atoms with Crippen LogP contribution in [0.2, 0.25) is 0 Å². The Morgan fingerprint density at radius 1 is 1.47 bits per heavy atom. The van der Waals surface area contributed by atoms with Gasteiger partial charge in [0, 0.05) is 22.5 Å². The van der Waals surface area contributed by atoms with Crippen LogP contribution in [-0.2, 0) is 0 Å². The molecule has 1 N–H and O–H groups in total. The van der Waals surface area contributed by atoms with E-state index in [1.165, 1.54) is 0 Å². The third kappa shape index (κ3) is 5.09. The molecule has 0 spiro atoms. The molecule has 2 nitrogen and oxygen atoms in total. The Morgan fingerprint density at radius 3 is 2.76 bits per heavy atom. The van der Waals surface area contributed by atoms with Crippen LogP contribution in [0, 0.1) is 5.41 Å². The molecule has 0 saturated carbocycles. The van der Waals surface area contributed by atoms with E-state index in [1.807, 2.05) is 18.2 Å². The highest BCUT2D eigenvalue weighted by Crippen LogP contribution is 2.19. The standard InChI is InChI=1S/C13H17BrClNO/c1-13(2,6-7-15)9-16-12(17)10-4-3-5-11(14)8-10/h3-5,8H,6-7,9H2,1-2H3,(H,16,17). The molecule has 1 rings (SSSR count). The molecule has 0 radical (unpaired) electrons. The zero-order chi connectivity index (χ0) is 12.9. The van der Waals surface area contributed by atoms with Crippen molar-refractivity contribution >= 4 is 33.4 Å². The van der Waals surface area contributed by atoms with Gasteiger partial charge in [0.15, 0.2) is 0 Å². The lowest BCUT2D eigenvalue weighted by Crippen LogP contribution is -2.34. The van der Waals surface area contributed by atoms with Gasteiger partial charge in [0.25, 0.3) is 5.91 Å². The number of hydrogen-bond acceptors (Lipinski definition) is 1. The summed E-state index contributed by atoms with van der Waals surface area (Å²) in [4.78, 5) is 11.9. The maximum Gasteiger partial charge on any atom is 0.251 e. The van der Waals surface area contributed by atoms with E-state index >= 15 is 0 Å². The number of alkyl halides is 1. The first-order valence-electron chi connectivity index (χ1n) is 5.54. The zero-order valence-corrected chi connectivity index (χ0v) is 12.4. The van der Waals surface area contributed by atoms with E-state index in [2.05, 4.69) is 35.1 Å². The molecule has 0 unspecified atom stereocenters. The molecule has 0 atom stereocenters. The van der Waals surface area contributed by atoms with E-state index in [-0.39, 0.29) is 11.3 Å². The summed E-state index contributed by atoms with van der Waals surface area (Å²) in [5.41, 5.74) is 0.699. The minimum atomic E-state index is -0.0473. The molecule has 0 aromatic heterocycles. The van der Waals surface area contributed by atoms with Crippen LogP contribution >= 0.6 is 27.5 Å². The topological polar surface area (TPSA) is 29.1 Å². The van der Waals surface area contributed by atoms with Gasteiger partial charge in [-0.15, -0.1) is 11.6 Å². The van der Waals surface area contributed by atoms with Gasteiger partial charge < -0.3 is 5.32 Å². The Balaban J connectivity index is 2.56. The third-order valence-electron chi connectivity index (χ3n) is 2.59. The quantitative estimate of drug-likeness (QED) is 0.821. The molecule has 0 fully saturated rings. The summed E-state index contributed by atoms with van der Waals surface area (Å²) in [6.07, 6.45) is 0.882. The molecule has 0 aliphatic heterocycles. The first kappa shape index (κ1) is 14.5. The third-order valence-corrected chi connectivity index (χ3v) is 3.27. The average molecular weight is 319 g/mol. The summed E-state index contributed by atoms with van der Waals surface area (Å²) in [6.45, 7) is 4.82. The molecule has 0 aliphatic carbocycles. The van der Waals surface area contributed by atoms with Crippen LogP contribution in [0.25, 0.3) is 0 Å². The summed E-state index contributed by atoms with van der Waals surface area (Å²) in [7, 11) is 0. The fraction of sp³-hybridized carbons (Fsp3) is 0.462. The van der Waals surface area contributed by atoms with Gasteiger partial charge in [-0.05, 0) is 30.0 Å². The highest BCUT2D eigenvalue weighted by atomic mass is 79.9. The second-order valence-electron chi connectivity index (χ2n) is 4.80. The van der Waals surface area contributed by atoms with Crippen molar-refractivity contribution in [2.24, 2.45) is 5.41 Å². The maximum atomic E-state index is 11.9. The van der Waals surface area contributed by atoms with Crippen molar-refractivity contribution in [1.29, 1.82) is 0 Å². The Labute approximate surface area is 116 Å². The summed E-state index contributed by atoms with van der Waals surface area (Å²) >= 11 is 9.07. The zero-order valence-electron chi connectivity index (χ0n) is 10.1. The van der Waals surface area contributed by atoms with Crippen LogP contribution in [0.3, 0.4) is 0 Å². The predicted molar refractivity (Wildman–Crippen MR) is 75.6 cm³/mol. The molecule has 0 saturated heterocycles. The van der Waals surface area contributed by atoms with Crippen molar-refractivity contribution in [3.63, 3.8) is 0 Å². The van der Waals surface area contributed by atoms with Gasteiger partial charge in [-0.1, -0.05) is 35.8 Å². The summed E-state index contributed by atoms with van der Waals surface area (Å²) in [6, 6.07) is 7.36. The van der Waals surface area contributed by atoms with Gasteiger partial charge in [-0.3, -0.25) is 4.79 Å². The number of carbonyl (C=O) groups excluding carboxylic acids is 1. The Bertz CT molecular complexity index is 393. The molecule has 1 amide bonds. The van der Waals surface area contributed by atoms with Crippen LogP contribution in [0.5, 0.6) is 0 Å². The van der Waals surface area contributed by atoms with E-state index in [9.17, 15) is 4.79 Å². The van der Waals surface area contributed by atoms with E-state index in [1.54, 1.807) is 6.07 Å². The molecule has 17 heavy (non-hydrogen) atoms. The van der Waals surface area contributed by atoms with Gasteiger partial charge in [-0.25, -0.2) is 0 Å². The van der Waals surface area contributed by atoms with Crippen LogP contribution in [0.1, 0.15) is 30.6 Å². The average Bonchev–Trinajstić information content (AvgIpc) is 2.26. The van der Waals surface area contributed by atoms with Crippen molar-refractivity contribution < 1.29 is 4.79 Å². The van der Waals surface area contributed by atoms with Crippen LogP contribution in [0.4, 0.5) is 0 Å². The fourth-order valence-electron chi connectivity index (χ4n) is 1.40. The summed E-state index contributed by atoms with van der Waals surface area (Å²) in [5, 5.41) is 2.93. The predicted octanol–water partition coefficient (Wildman–Crippen LogP) is 3.83. The van der Waals surface area contributed by atoms with Crippen molar-refractivity contribution in [1.82, 2.24) is 5.32 Å². The van der Waals surface area contributed by atoms with Crippen LogP contribution < -0.4 is 5.32 Å². The second kappa shape index (κ2) is 6.41. The molecule has 1 aromatic carbocycles. The van der Waals surface area contributed by atoms with Crippen LogP contribution in [-0.4, -0.2) is 18.3 Å². The minimum Gasteiger partial charge on any atom is -0.352 e. The van der Waals surface area contributed by atoms with Gasteiger partial charge >= 0.3 is 0 Å². The van der Waals surface area contributed by atoms with Crippen molar-refractivity contribution in [2.45, 2.75) is 20.3 Å². The summed E-state index contributed by atoms with van der Waals surface area (Å²) in [5.74, 6) is 0.564. The lowest BCUT2D eigenvalue weighted by atomic mass is 9.90. The van der Waals surface area contributed by atoms with Crippen molar-refractivity contribution in [3.05, 3.63) is 34.3 Å². The molecule has 0 heterocycles. The normalized spacial score (nSPS) is 11.3. The van der Waals surface area contributed by atoms with Gasteiger partial charge in [0.05, 0.1) is 0 Å². The minimum absolute atomic E-state index is 0.0312. The molecule has 4 heteroatoms. The number of carbonyl (C=O) groups is 1. The van der Waals surface area contributed by atoms with Crippen molar-refractivity contribution in [3.8, 4) is 0 Å². The number of benzene rings is 1. The first-order chi connectivity index (χ1) is 7.94. The Kier molecular flexibility index (Phi) is 5.47. The fourth-order valence-corrected chi connectivity index (χ4v) is 2.31. The summed E-state index contributed by atoms with van der Waals surface area (Å²) < 4.78 is 0.908. The van der Waals surface area contributed by atoms with E-state index in [4.69, 9.17) is 11.6 Å². The number of halogens is 2. The highest BCUT2D eigenvalue weighted by molar-refractivity contribution is 9.10. The molecule has 0 aliphatic rings. The van der Waals surface area contributed by atoms with Gasteiger partial charge in [-0.2, -0.15) is 0 Å². The number of nitrogens with one attached hydrogen (secondary N) is 1. The molecule has 94 valence electrons. The molecular formula is C13H17BrClNO. The molecular weight excluding hydrogens is 302 g/mol. The SMILES string of the molecule is CC(C)(CCCl)CNC(=O)c1cccc(Br)c1. The largest absolute Gasteiger partial charge is 0.352 e. The monoisotopic (exact) mass is 317 g/mol. The number of hydrogen-bond donors (Lipinski definition) is 1. The van der Waals surface area contributed by atoms with Crippen LogP contribution in [0.15, 0.2) is 28.7 Å². The number of amides is 1. The molecule has 0 bridgehead atoms. The smallest absolute Gasteiger partial charge is 0.251 e. The van der Waals surface area contributed by atoms with E-state index in [0.717, 1.165) is 10.9 Å². The highest BCUT2D eigenvalue weighted by Gasteiger charge is 2.18.